The molecule has 0 bridgehead atoms. The molecule has 0 amide bonds. The summed E-state index contributed by atoms with van der Waals surface area (Å²) in [5.74, 6) is -0.0141. The number of esters is 1. The van der Waals surface area contributed by atoms with Crippen LogP contribution in [0.4, 0.5) is 4.39 Å². The number of halogens is 2. The van der Waals surface area contributed by atoms with Gasteiger partial charge in [0.15, 0.2) is 4.80 Å². The first-order valence-electron chi connectivity index (χ1n) is 13.6. The maximum absolute atomic E-state index is 14.2. The van der Waals surface area contributed by atoms with E-state index in [0.717, 1.165) is 15.6 Å². The number of carbonyl (C=O) groups is 1. The van der Waals surface area contributed by atoms with Crippen molar-refractivity contribution in [2.75, 3.05) is 6.61 Å². The topological polar surface area (TPSA) is 69.9 Å². The van der Waals surface area contributed by atoms with Crippen LogP contribution in [0.2, 0.25) is 0 Å². The van der Waals surface area contributed by atoms with Gasteiger partial charge in [-0.15, -0.1) is 0 Å². The zero-order valence-electron chi connectivity index (χ0n) is 23.7. The van der Waals surface area contributed by atoms with Crippen LogP contribution in [0.25, 0.3) is 6.08 Å². The van der Waals surface area contributed by atoms with Gasteiger partial charge in [-0.25, -0.2) is 14.2 Å². The molecular formula is C33H30BrFN2O4S. The molecule has 0 fully saturated rings. The summed E-state index contributed by atoms with van der Waals surface area (Å²) in [5.41, 5.74) is 3.58. The lowest BCUT2D eigenvalue weighted by molar-refractivity contribution is -0.139. The first-order chi connectivity index (χ1) is 20.2. The quantitative estimate of drug-likeness (QED) is 0.207. The van der Waals surface area contributed by atoms with E-state index in [1.165, 1.54) is 17.4 Å². The van der Waals surface area contributed by atoms with Crippen molar-refractivity contribution in [3.05, 3.63) is 130 Å². The van der Waals surface area contributed by atoms with Gasteiger partial charge >= 0.3 is 5.97 Å². The van der Waals surface area contributed by atoms with Crippen LogP contribution in [0.3, 0.4) is 0 Å². The number of ether oxygens (including phenoxy) is 2. The highest BCUT2D eigenvalue weighted by molar-refractivity contribution is 9.10. The first-order valence-corrected chi connectivity index (χ1v) is 15.2. The predicted molar refractivity (Wildman–Crippen MR) is 166 cm³/mol. The lowest BCUT2D eigenvalue weighted by atomic mass is 9.93. The largest absolute Gasteiger partial charge is 0.488 e. The molecule has 0 spiro atoms. The third-order valence-electron chi connectivity index (χ3n) is 7.04. The summed E-state index contributed by atoms with van der Waals surface area (Å²) in [7, 11) is 0. The van der Waals surface area contributed by atoms with Crippen molar-refractivity contribution in [1.29, 1.82) is 0 Å². The van der Waals surface area contributed by atoms with Crippen molar-refractivity contribution in [2.24, 2.45) is 4.99 Å². The molecule has 9 heteroatoms. The molecule has 4 aromatic rings. The fraction of sp³-hybridized carbons (Fsp3) is 0.242. The minimum absolute atomic E-state index is 0.0326. The zero-order chi connectivity index (χ0) is 30.0. The molecule has 0 saturated heterocycles. The Bertz CT molecular complexity index is 1860. The van der Waals surface area contributed by atoms with Gasteiger partial charge in [0.1, 0.15) is 18.2 Å². The third-order valence-corrected chi connectivity index (χ3v) is 8.51. The number of thiazole rings is 1. The van der Waals surface area contributed by atoms with E-state index < -0.39 is 12.0 Å². The standard InChI is InChI=1S/C33H30BrFN2O4S/c1-5-40-32(39)29-20(4)36-33-37(30(29)22-12-10-21(11-13-22)19(2)3)31(38)28(42-33)17-24-16-25(34)14-15-27(24)41-18-23-8-6-7-9-26(23)35/h6-17,19,30H,5,18H2,1-4H3/t30-/m0/s1. The first kappa shape index (κ1) is 29.7. The van der Waals surface area contributed by atoms with Crippen molar-refractivity contribution in [1.82, 2.24) is 4.57 Å². The van der Waals surface area contributed by atoms with E-state index in [-0.39, 0.29) is 24.6 Å². The van der Waals surface area contributed by atoms with Crippen molar-refractivity contribution < 1.29 is 18.7 Å². The maximum atomic E-state index is 14.2. The fourth-order valence-corrected chi connectivity index (χ4v) is 6.26. The Balaban J connectivity index is 1.62. The Morgan fingerprint density at radius 3 is 2.57 bits per heavy atom. The van der Waals surface area contributed by atoms with E-state index >= 15 is 0 Å². The Labute approximate surface area is 255 Å². The zero-order valence-corrected chi connectivity index (χ0v) is 26.1. The number of fused-ring (bicyclic) bond motifs is 1. The van der Waals surface area contributed by atoms with E-state index in [1.54, 1.807) is 48.8 Å². The number of nitrogens with zero attached hydrogens (tertiary/aromatic N) is 2. The molecule has 1 aromatic heterocycles. The Kier molecular flexibility index (Phi) is 8.89. The van der Waals surface area contributed by atoms with Crippen LogP contribution in [0.1, 0.15) is 61.9 Å². The molecule has 1 aliphatic heterocycles. The Hall–Kier alpha value is -3.82. The lowest BCUT2D eigenvalue weighted by Gasteiger charge is -2.25. The molecule has 5 rings (SSSR count). The van der Waals surface area contributed by atoms with Gasteiger partial charge < -0.3 is 9.47 Å². The number of hydrogen-bond acceptors (Lipinski definition) is 6. The Morgan fingerprint density at radius 1 is 1.14 bits per heavy atom. The maximum Gasteiger partial charge on any atom is 0.338 e. The highest BCUT2D eigenvalue weighted by atomic mass is 79.9. The van der Waals surface area contributed by atoms with Crippen LogP contribution >= 0.6 is 27.3 Å². The molecule has 216 valence electrons. The molecule has 0 N–H and O–H groups in total. The summed E-state index contributed by atoms with van der Waals surface area (Å²) in [6, 6.07) is 19.1. The molecule has 42 heavy (non-hydrogen) atoms. The van der Waals surface area contributed by atoms with Crippen molar-refractivity contribution in [2.45, 2.75) is 46.3 Å². The number of rotatable bonds is 8. The third kappa shape index (κ3) is 6.03. The van der Waals surface area contributed by atoms with Crippen LogP contribution in [0.15, 0.2) is 92.3 Å². The van der Waals surface area contributed by atoms with Crippen LogP contribution in [0.5, 0.6) is 5.75 Å². The van der Waals surface area contributed by atoms with E-state index in [1.807, 2.05) is 36.4 Å². The fourth-order valence-electron chi connectivity index (χ4n) is 4.85. The minimum Gasteiger partial charge on any atom is -0.488 e. The van der Waals surface area contributed by atoms with E-state index in [4.69, 9.17) is 9.47 Å². The summed E-state index contributed by atoms with van der Waals surface area (Å²) in [6.07, 6.45) is 1.74. The van der Waals surface area contributed by atoms with E-state index in [0.29, 0.717) is 43.4 Å². The van der Waals surface area contributed by atoms with Gasteiger partial charge in [-0.2, -0.15) is 0 Å². The van der Waals surface area contributed by atoms with Gasteiger partial charge in [-0.1, -0.05) is 83.6 Å². The number of allylic oxidation sites excluding steroid dienone is 1. The van der Waals surface area contributed by atoms with Crippen LogP contribution < -0.4 is 19.6 Å². The van der Waals surface area contributed by atoms with E-state index in [2.05, 4.69) is 34.8 Å². The van der Waals surface area contributed by atoms with Gasteiger partial charge in [0, 0.05) is 15.6 Å². The molecule has 6 nitrogen and oxygen atoms in total. The summed E-state index contributed by atoms with van der Waals surface area (Å²) >= 11 is 4.74. The molecule has 1 aliphatic rings. The Morgan fingerprint density at radius 2 is 1.88 bits per heavy atom. The number of aromatic nitrogens is 1. The van der Waals surface area contributed by atoms with Gasteiger partial charge in [-0.3, -0.25) is 9.36 Å². The normalized spacial score (nSPS) is 15.0. The second-order valence-electron chi connectivity index (χ2n) is 10.2. The summed E-state index contributed by atoms with van der Waals surface area (Å²) in [4.78, 5) is 32.4. The molecule has 0 radical (unpaired) electrons. The SMILES string of the molecule is CCOC(=O)C1=C(C)N=c2sc(=Cc3cc(Br)ccc3OCc3ccccc3F)c(=O)n2[C@H]1c1ccc(C(C)C)cc1. The van der Waals surface area contributed by atoms with E-state index in [9.17, 15) is 14.0 Å². The molecule has 3 aromatic carbocycles. The lowest BCUT2D eigenvalue weighted by Crippen LogP contribution is -2.39. The molecule has 0 unspecified atom stereocenters. The second-order valence-corrected chi connectivity index (χ2v) is 12.1. The monoisotopic (exact) mass is 648 g/mol. The number of hydrogen-bond donors (Lipinski definition) is 0. The molecule has 2 heterocycles. The number of benzene rings is 3. The van der Waals surface area contributed by atoms with Gasteiger partial charge in [0.2, 0.25) is 0 Å². The average Bonchev–Trinajstić information content (AvgIpc) is 3.26. The van der Waals surface area contributed by atoms with Crippen LogP contribution in [0, 0.1) is 5.82 Å². The van der Waals surface area contributed by atoms with Gasteiger partial charge in [0.25, 0.3) is 5.56 Å². The van der Waals surface area contributed by atoms with Crippen molar-refractivity contribution in [3.63, 3.8) is 0 Å². The minimum atomic E-state index is -0.692. The summed E-state index contributed by atoms with van der Waals surface area (Å²) in [6.45, 7) is 7.98. The van der Waals surface area contributed by atoms with Gasteiger partial charge in [-0.05, 0) is 61.2 Å². The molecule has 0 aliphatic carbocycles. The second kappa shape index (κ2) is 12.6. The van der Waals surface area contributed by atoms with Crippen LogP contribution in [-0.4, -0.2) is 17.1 Å². The van der Waals surface area contributed by atoms with Crippen molar-refractivity contribution in [3.8, 4) is 5.75 Å². The summed E-state index contributed by atoms with van der Waals surface area (Å²) < 4.78 is 28.4. The average molecular weight is 650 g/mol. The highest BCUT2D eigenvalue weighted by Gasteiger charge is 2.33. The van der Waals surface area contributed by atoms with Gasteiger partial charge in [0.05, 0.1) is 28.5 Å². The highest BCUT2D eigenvalue weighted by Crippen LogP contribution is 2.32. The summed E-state index contributed by atoms with van der Waals surface area (Å²) in [5, 5.41) is 0. The molecule has 0 saturated carbocycles. The molecule has 1 atom stereocenters. The molecular weight excluding hydrogens is 619 g/mol. The van der Waals surface area contributed by atoms with Crippen LogP contribution in [-0.2, 0) is 16.1 Å². The number of carbonyl (C=O) groups excluding carboxylic acids is 1. The smallest absolute Gasteiger partial charge is 0.338 e. The van der Waals surface area contributed by atoms with Crippen molar-refractivity contribution >= 4 is 39.3 Å². The predicted octanol–water partition coefficient (Wildman–Crippen LogP) is 6.40.